The Bertz CT molecular complexity index is 1610. The van der Waals surface area contributed by atoms with E-state index in [2.05, 4.69) is 0 Å². The van der Waals surface area contributed by atoms with E-state index >= 15 is 0 Å². The molecule has 4 aromatic carbocycles. The van der Waals surface area contributed by atoms with E-state index in [1.807, 2.05) is 18.2 Å². The van der Waals surface area contributed by atoms with E-state index in [4.69, 9.17) is 27.9 Å². The normalized spacial score (nSPS) is 17.0. The maximum absolute atomic E-state index is 14.2. The number of ketones is 1. The summed E-state index contributed by atoms with van der Waals surface area (Å²) < 4.78 is 33.1. The number of methoxy groups -OCH3 is 1. The summed E-state index contributed by atoms with van der Waals surface area (Å²) in [6.07, 6.45) is 0. The predicted octanol–water partition coefficient (Wildman–Crippen LogP) is 7.06. The van der Waals surface area contributed by atoms with Crippen molar-refractivity contribution in [1.29, 1.82) is 0 Å². The number of ether oxygens (including phenoxy) is 1. The van der Waals surface area contributed by atoms with Crippen LogP contribution in [0.25, 0.3) is 16.5 Å². The van der Waals surface area contributed by atoms with Gasteiger partial charge in [-0.2, -0.15) is 0 Å². The number of benzene rings is 4. The van der Waals surface area contributed by atoms with Gasteiger partial charge in [0.15, 0.2) is 17.4 Å². The van der Waals surface area contributed by atoms with Crippen molar-refractivity contribution in [1.82, 2.24) is 0 Å². The van der Waals surface area contributed by atoms with Gasteiger partial charge in [0, 0.05) is 17.3 Å². The average Bonchev–Trinajstić information content (AvgIpc) is 3.14. The minimum atomic E-state index is -1.19. The van der Waals surface area contributed by atoms with Gasteiger partial charge in [-0.1, -0.05) is 65.7 Å². The van der Waals surface area contributed by atoms with Crippen LogP contribution >= 0.6 is 23.2 Å². The molecule has 1 unspecified atom stereocenters. The Morgan fingerprint density at radius 2 is 1.59 bits per heavy atom. The molecule has 9 heteroatoms. The van der Waals surface area contributed by atoms with Gasteiger partial charge >= 0.3 is 0 Å². The fraction of sp³-hybridized carbons (Fsp3) is 0.0714. The highest BCUT2D eigenvalue weighted by atomic mass is 35.5. The molecule has 186 valence electrons. The summed E-state index contributed by atoms with van der Waals surface area (Å²) in [6, 6.07) is 17.0. The van der Waals surface area contributed by atoms with Gasteiger partial charge in [-0.25, -0.2) is 8.78 Å². The highest BCUT2D eigenvalue weighted by Gasteiger charge is 2.47. The number of aliphatic hydroxyl groups is 1. The first-order valence-corrected chi connectivity index (χ1v) is 11.8. The molecule has 1 N–H and O–H groups in total. The second-order valence-electron chi connectivity index (χ2n) is 8.31. The number of nitrogens with zero attached hydrogens (tertiary/aromatic N) is 1. The third-order valence-electron chi connectivity index (χ3n) is 6.22. The molecule has 1 aliphatic heterocycles. The summed E-state index contributed by atoms with van der Waals surface area (Å²) >= 11 is 12.5. The lowest BCUT2D eigenvalue weighted by Gasteiger charge is -2.26. The van der Waals surface area contributed by atoms with Crippen LogP contribution in [0.2, 0.25) is 10.0 Å². The first kappa shape index (κ1) is 24.7. The lowest BCUT2D eigenvalue weighted by Crippen LogP contribution is -2.29. The van der Waals surface area contributed by atoms with Crippen molar-refractivity contribution in [3.05, 3.63) is 111 Å². The maximum Gasteiger partial charge on any atom is 0.300 e. The van der Waals surface area contributed by atoms with E-state index < -0.39 is 35.1 Å². The summed E-state index contributed by atoms with van der Waals surface area (Å²) in [5, 5.41) is 13.0. The Hall–Kier alpha value is -3.94. The van der Waals surface area contributed by atoms with E-state index in [0.29, 0.717) is 10.9 Å². The molecular weight excluding hydrogens is 523 g/mol. The van der Waals surface area contributed by atoms with Crippen molar-refractivity contribution < 1.29 is 28.2 Å². The molecule has 1 aliphatic rings. The Morgan fingerprint density at radius 1 is 0.919 bits per heavy atom. The van der Waals surface area contributed by atoms with Crippen molar-refractivity contribution in [2.45, 2.75) is 6.04 Å². The zero-order chi connectivity index (χ0) is 26.4. The highest BCUT2D eigenvalue weighted by molar-refractivity contribution is 6.52. The molecule has 0 radical (unpaired) electrons. The van der Waals surface area contributed by atoms with Crippen molar-refractivity contribution in [2.24, 2.45) is 0 Å². The first-order valence-electron chi connectivity index (χ1n) is 11.0. The van der Waals surface area contributed by atoms with Gasteiger partial charge in [-0.05, 0) is 40.6 Å². The van der Waals surface area contributed by atoms with Crippen LogP contribution in [0.15, 0.2) is 78.4 Å². The van der Waals surface area contributed by atoms with E-state index in [-0.39, 0.29) is 32.6 Å². The van der Waals surface area contributed by atoms with E-state index in [1.165, 1.54) is 25.3 Å². The Morgan fingerprint density at radius 3 is 2.27 bits per heavy atom. The standard InChI is InChI=1S/C28H17Cl2F2NO4/c1-37-27-19(29)11-15(12-20(27)30)25(34)23-24(18-8-4-6-14-5-2-3-7-17(14)18)33(28(36)26(23)35)16-9-10-21(31)22(32)13-16/h2-13,24,34H,1H3/b25-23+. The lowest BCUT2D eigenvalue weighted by molar-refractivity contribution is -0.132. The van der Waals surface area contributed by atoms with Crippen LogP contribution in [0.5, 0.6) is 5.75 Å². The van der Waals surface area contributed by atoms with Crippen molar-refractivity contribution in [2.75, 3.05) is 12.0 Å². The molecule has 1 atom stereocenters. The average molecular weight is 540 g/mol. The fourth-order valence-corrected chi connectivity index (χ4v) is 5.21. The SMILES string of the molecule is COc1c(Cl)cc(/C(O)=C2\C(=O)C(=O)N(c3ccc(F)c(F)c3)C2c2cccc3ccccc23)cc1Cl. The van der Waals surface area contributed by atoms with Gasteiger partial charge in [-0.15, -0.1) is 0 Å². The van der Waals surface area contributed by atoms with Crippen LogP contribution in [-0.4, -0.2) is 23.9 Å². The molecule has 4 aromatic rings. The van der Waals surface area contributed by atoms with Crippen LogP contribution in [0, 0.1) is 11.6 Å². The summed E-state index contributed by atoms with van der Waals surface area (Å²) in [5.41, 5.74) is 0.255. The number of aliphatic hydroxyl groups excluding tert-OH is 1. The molecule has 1 saturated heterocycles. The molecule has 5 rings (SSSR count). The molecule has 5 nitrogen and oxygen atoms in total. The smallest absolute Gasteiger partial charge is 0.300 e. The maximum atomic E-state index is 14.2. The van der Waals surface area contributed by atoms with Crippen molar-refractivity contribution in [3.8, 4) is 5.75 Å². The number of carbonyl (C=O) groups excluding carboxylic acids is 2. The number of Topliss-reactive ketones (excluding diaryl/α,β-unsaturated/α-hetero) is 1. The largest absolute Gasteiger partial charge is 0.507 e. The second-order valence-corrected chi connectivity index (χ2v) is 9.12. The Kier molecular flexibility index (Phi) is 6.35. The highest BCUT2D eigenvalue weighted by Crippen LogP contribution is 2.45. The third kappa shape index (κ3) is 4.10. The van der Waals surface area contributed by atoms with Crippen LogP contribution in [0.1, 0.15) is 17.2 Å². The van der Waals surface area contributed by atoms with E-state index in [0.717, 1.165) is 22.4 Å². The molecule has 0 aliphatic carbocycles. The Labute approximate surface area is 220 Å². The number of amides is 1. The minimum Gasteiger partial charge on any atom is -0.507 e. The molecule has 1 heterocycles. The van der Waals surface area contributed by atoms with Crippen LogP contribution < -0.4 is 9.64 Å². The zero-order valence-electron chi connectivity index (χ0n) is 19.1. The molecule has 0 aromatic heterocycles. The van der Waals surface area contributed by atoms with Crippen LogP contribution in [0.3, 0.4) is 0 Å². The van der Waals surface area contributed by atoms with Crippen LogP contribution in [-0.2, 0) is 9.59 Å². The number of hydrogen-bond acceptors (Lipinski definition) is 4. The van der Waals surface area contributed by atoms with Gasteiger partial charge < -0.3 is 9.84 Å². The number of rotatable bonds is 4. The number of hydrogen-bond donors (Lipinski definition) is 1. The lowest BCUT2D eigenvalue weighted by atomic mass is 9.91. The predicted molar refractivity (Wildman–Crippen MR) is 138 cm³/mol. The summed E-state index contributed by atoms with van der Waals surface area (Å²) in [7, 11) is 1.38. The Balaban J connectivity index is 1.81. The molecule has 0 saturated carbocycles. The molecule has 1 fully saturated rings. The van der Waals surface area contributed by atoms with Crippen LogP contribution in [0.4, 0.5) is 14.5 Å². The van der Waals surface area contributed by atoms with E-state index in [9.17, 15) is 23.5 Å². The summed E-state index contributed by atoms with van der Waals surface area (Å²) in [4.78, 5) is 27.8. The number of halogens is 4. The topological polar surface area (TPSA) is 66.8 Å². The van der Waals surface area contributed by atoms with Gasteiger partial charge in [0.1, 0.15) is 5.76 Å². The van der Waals surface area contributed by atoms with Gasteiger partial charge in [0.05, 0.1) is 28.8 Å². The zero-order valence-corrected chi connectivity index (χ0v) is 20.6. The van der Waals surface area contributed by atoms with Gasteiger partial charge in [0.2, 0.25) is 0 Å². The molecule has 0 bridgehead atoms. The van der Waals surface area contributed by atoms with Gasteiger partial charge in [-0.3, -0.25) is 14.5 Å². The van der Waals surface area contributed by atoms with Gasteiger partial charge in [0.25, 0.3) is 11.7 Å². The number of anilines is 1. The minimum absolute atomic E-state index is 0.0521. The van der Waals surface area contributed by atoms with E-state index in [1.54, 1.807) is 24.3 Å². The number of fused-ring (bicyclic) bond motifs is 1. The third-order valence-corrected chi connectivity index (χ3v) is 6.78. The summed E-state index contributed by atoms with van der Waals surface area (Å²) in [6.45, 7) is 0. The monoisotopic (exact) mass is 539 g/mol. The first-order chi connectivity index (χ1) is 17.7. The molecule has 0 spiro atoms. The summed E-state index contributed by atoms with van der Waals surface area (Å²) in [5.74, 6) is -4.69. The molecule has 37 heavy (non-hydrogen) atoms. The fourth-order valence-electron chi connectivity index (χ4n) is 4.56. The molecular formula is C28H17Cl2F2NO4. The van der Waals surface area contributed by atoms with Crippen molar-refractivity contribution >= 4 is 57.1 Å². The second kappa shape index (κ2) is 9.50. The quantitative estimate of drug-likeness (QED) is 0.171. The number of carbonyl (C=O) groups is 2. The molecule has 1 amide bonds. The van der Waals surface area contributed by atoms with Crippen molar-refractivity contribution in [3.63, 3.8) is 0 Å².